The van der Waals surface area contributed by atoms with Crippen molar-refractivity contribution in [2.24, 2.45) is 0 Å². The van der Waals surface area contributed by atoms with Gasteiger partial charge in [0.25, 0.3) is 0 Å². The molecule has 2 amide bonds. The molecule has 0 aromatic heterocycles. The van der Waals surface area contributed by atoms with Crippen LogP contribution >= 0.6 is 0 Å². The normalized spacial score (nSPS) is 17.2. The zero-order chi connectivity index (χ0) is 28.8. The van der Waals surface area contributed by atoms with E-state index in [0.29, 0.717) is 56.2 Å². The van der Waals surface area contributed by atoms with E-state index >= 15 is 0 Å². The average Bonchev–Trinajstić information content (AvgIpc) is 2.98. The predicted molar refractivity (Wildman–Crippen MR) is 162 cm³/mol. The minimum atomic E-state index is -3.97. The number of nitrogens with one attached hydrogen (secondary N) is 3. The zero-order valence-electron chi connectivity index (χ0n) is 23.4. The maximum absolute atomic E-state index is 14.4. The largest absolute Gasteiger partial charge is 0.367 e. The second-order valence-corrected chi connectivity index (χ2v) is 12.3. The molecule has 8 nitrogen and oxygen atoms in total. The van der Waals surface area contributed by atoms with Crippen molar-refractivity contribution in [3.63, 3.8) is 0 Å². The summed E-state index contributed by atoms with van der Waals surface area (Å²) in [6.07, 6.45) is 4.35. The number of carbonyl (C=O) groups is 1. The molecule has 3 aromatic rings. The first-order valence-corrected chi connectivity index (χ1v) is 15.9. The van der Waals surface area contributed by atoms with Crippen LogP contribution in [0.4, 0.5) is 26.2 Å². The van der Waals surface area contributed by atoms with Crippen molar-refractivity contribution >= 4 is 33.1 Å². The number of nitrogens with zero attached hydrogens (tertiary/aromatic N) is 2. The molecule has 218 valence electrons. The third-order valence-corrected chi connectivity index (χ3v) is 9.30. The number of carbonyl (C=O) groups excluding carboxylic acids is 1. The first-order valence-electron chi connectivity index (χ1n) is 14.4. The second kappa shape index (κ2) is 12.9. The number of anilines is 3. The van der Waals surface area contributed by atoms with Crippen LogP contribution in [0.25, 0.3) is 0 Å². The summed E-state index contributed by atoms with van der Waals surface area (Å²) >= 11 is 0. The van der Waals surface area contributed by atoms with Crippen LogP contribution in [0.5, 0.6) is 0 Å². The van der Waals surface area contributed by atoms with E-state index in [9.17, 15) is 17.6 Å². The fourth-order valence-electron chi connectivity index (χ4n) is 5.65. The number of piperazine rings is 1. The Morgan fingerprint density at radius 2 is 1.66 bits per heavy atom. The summed E-state index contributed by atoms with van der Waals surface area (Å²) in [5.74, 6) is -0.270. The Labute approximate surface area is 242 Å². The molecule has 5 rings (SSSR count). The predicted octanol–water partition coefficient (Wildman–Crippen LogP) is 5.43. The van der Waals surface area contributed by atoms with Gasteiger partial charge in [0, 0.05) is 44.5 Å². The smallest absolute Gasteiger partial charge is 0.319 e. The fourth-order valence-corrected chi connectivity index (χ4v) is 7.15. The third kappa shape index (κ3) is 6.82. The molecule has 10 heteroatoms. The molecule has 0 unspecified atom stereocenters. The average molecular weight is 580 g/mol. The number of hydrogen-bond donors (Lipinski definition) is 3. The number of urea groups is 1. The molecular formula is C31H38FN5O3S. The molecule has 0 saturated carbocycles. The van der Waals surface area contributed by atoms with Crippen LogP contribution in [0.2, 0.25) is 0 Å². The van der Waals surface area contributed by atoms with Gasteiger partial charge < -0.3 is 20.4 Å². The monoisotopic (exact) mass is 579 g/mol. The molecule has 1 saturated heterocycles. The summed E-state index contributed by atoms with van der Waals surface area (Å²) in [5.41, 5.74) is 3.68. The van der Waals surface area contributed by atoms with Gasteiger partial charge in [-0.15, -0.1) is 0 Å². The molecule has 3 aromatic carbocycles. The molecule has 1 aliphatic heterocycles. The maximum atomic E-state index is 14.4. The lowest BCUT2D eigenvalue weighted by atomic mass is 9.88. The highest BCUT2D eigenvalue weighted by Gasteiger charge is 2.30. The number of halogens is 1. The van der Waals surface area contributed by atoms with Gasteiger partial charge in [-0.3, -0.25) is 0 Å². The Hall–Kier alpha value is -3.63. The molecule has 0 bridgehead atoms. The molecule has 1 atom stereocenters. The highest BCUT2D eigenvalue weighted by atomic mass is 32.2. The van der Waals surface area contributed by atoms with Crippen LogP contribution in [0.1, 0.15) is 49.8 Å². The SMILES string of the molecule is CCCCNC(=O)Nc1ccc(N2CCN(c3ccccc3F)CC2)c(S(=O)(=O)N[C@@H]2CCCc3ccccc32)c1. The van der Waals surface area contributed by atoms with Crippen LogP contribution < -0.4 is 25.2 Å². The van der Waals surface area contributed by atoms with Crippen LogP contribution in [0.15, 0.2) is 71.6 Å². The van der Waals surface area contributed by atoms with E-state index in [0.717, 1.165) is 36.8 Å². The Kier molecular flexibility index (Phi) is 9.09. The number of amides is 2. The third-order valence-electron chi connectivity index (χ3n) is 7.80. The number of hydrogen-bond acceptors (Lipinski definition) is 5. The van der Waals surface area contributed by atoms with Crippen LogP contribution in [-0.2, 0) is 16.4 Å². The molecule has 0 radical (unpaired) electrons. The number of rotatable bonds is 9. The topological polar surface area (TPSA) is 93.8 Å². The summed E-state index contributed by atoms with van der Waals surface area (Å²) in [7, 11) is -3.97. The number of para-hydroxylation sites is 1. The Balaban J connectivity index is 1.41. The minimum Gasteiger partial charge on any atom is -0.367 e. The Morgan fingerprint density at radius 3 is 2.41 bits per heavy atom. The number of aryl methyl sites for hydroxylation is 1. The van der Waals surface area contributed by atoms with Crippen molar-refractivity contribution in [3.8, 4) is 0 Å². The lowest BCUT2D eigenvalue weighted by molar-refractivity contribution is 0.252. The number of benzene rings is 3. The van der Waals surface area contributed by atoms with Crippen LogP contribution in [0.3, 0.4) is 0 Å². The minimum absolute atomic E-state index is 0.117. The standard InChI is InChI=1S/C31H38FN5O3S/c1-2-3-17-33-31(38)34-24-15-16-29(37-20-18-36(19-21-37)28-14-7-6-12-26(28)32)30(22-24)41(39,40)35-27-13-8-10-23-9-4-5-11-25(23)27/h4-7,9,11-12,14-16,22,27,35H,2-3,8,10,13,17-21H2,1H3,(H2,33,34,38)/t27-/m1/s1. The van der Waals surface area contributed by atoms with Gasteiger partial charge in [0.15, 0.2) is 0 Å². The van der Waals surface area contributed by atoms with Gasteiger partial charge >= 0.3 is 6.03 Å². The highest BCUT2D eigenvalue weighted by molar-refractivity contribution is 7.89. The Morgan fingerprint density at radius 1 is 0.951 bits per heavy atom. The van der Waals surface area contributed by atoms with Gasteiger partial charge in [-0.05, 0) is 67.1 Å². The van der Waals surface area contributed by atoms with Crippen molar-refractivity contribution in [1.29, 1.82) is 0 Å². The highest BCUT2D eigenvalue weighted by Crippen LogP contribution is 2.34. The van der Waals surface area contributed by atoms with Gasteiger partial charge in [0.2, 0.25) is 10.0 Å². The van der Waals surface area contributed by atoms with E-state index in [4.69, 9.17) is 0 Å². The van der Waals surface area contributed by atoms with Crippen LogP contribution in [0, 0.1) is 5.82 Å². The van der Waals surface area contributed by atoms with Crippen molar-refractivity contribution in [2.75, 3.05) is 47.8 Å². The van der Waals surface area contributed by atoms with E-state index in [1.807, 2.05) is 41.0 Å². The van der Waals surface area contributed by atoms with Gasteiger partial charge in [0.1, 0.15) is 10.7 Å². The summed E-state index contributed by atoms with van der Waals surface area (Å²) < 4.78 is 45.4. The number of sulfonamides is 1. The molecule has 41 heavy (non-hydrogen) atoms. The molecule has 1 fully saturated rings. The second-order valence-electron chi connectivity index (χ2n) is 10.6. The summed E-state index contributed by atoms with van der Waals surface area (Å²) in [5, 5.41) is 5.60. The summed E-state index contributed by atoms with van der Waals surface area (Å²) in [6.45, 7) is 4.72. The van der Waals surface area contributed by atoms with Gasteiger partial charge in [-0.25, -0.2) is 22.3 Å². The first-order chi connectivity index (χ1) is 19.9. The van der Waals surface area contributed by atoms with Crippen molar-refractivity contribution in [2.45, 2.75) is 50.0 Å². The molecule has 0 spiro atoms. The molecular weight excluding hydrogens is 541 g/mol. The number of fused-ring (bicyclic) bond motifs is 1. The fraction of sp³-hybridized carbons (Fsp3) is 0.387. The maximum Gasteiger partial charge on any atom is 0.319 e. The van der Waals surface area contributed by atoms with E-state index < -0.39 is 10.0 Å². The van der Waals surface area contributed by atoms with Crippen LogP contribution in [-0.4, -0.2) is 47.2 Å². The zero-order valence-corrected chi connectivity index (χ0v) is 24.2. The van der Waals surface area contributed by atoms with E-state index in [1.165, 1.54) is 12.1 Å². The lowest BCUT2D eigenvalue weighted by Gasteiger charge is -2.38. The van der Waals surface area contributed by atoms with Crippen molar-refractivity contribution in [1.82, 2.24) is 10.0 Å². The van der Waals surface area contributed by atoms with Gasteiger partial charge in [-0.1, -0.05) is 49.7 Å². The van der Waals surface area contributed by atoms with E-state index in [-0.39, 0.29) is 22.8 Å². The summed E-state index contributed by atoms with van der Waals surface area (Å²) in [4.78, 5) is 16.6. The van der Waals surface area contributed by atoms with Crippen molar-refractivity contribution in [3.05, 3.63) is 83.7 Å². The first kappa shape index (κ1) is 28.9. The molecule has 3 N–H and O–H groups in total. The van der Waals surface area contributed by atoms with Crippen molar-refractivity contribution < 1.29 is 17.6 Å². The summed E-state index contributed by atoms with van der Waals surface area (Å²) in [6, 6.07) is 19.0. The van der Waals surface area contributed by atoms with E-state index in [2.05, 4.69) is 21.4 Å². The molecule has 1 heterocycles. The van der Waals surface area contributed by atoms with E-state index in [1.54, 1.807) is 24.3 Å². The van der Waals surface area contributed by atoms with Gasteiger partial charge in [-0.2, -0.15) is 0 Å². The van der Waals surface area contributed by atoms with Gasteiger partial charge in [0.05, 0.1) is 11.4 Å². The lowest BCUT2D eigenvalue weighted by Crippen LogP contribution is -2.47. The molecule has 1 aliphatic carbocycles. The quantitative estimate of drug-likeness (QED) is 0.294. The molecule has 2 aliphatic rings. The number of unbranched alkanes of at least 4 members (excludes halogenated alkanes) is 1. The Bertz CT molecular complexity index is 1470.